The fourth-order valence-corrected chi connectivity index (χ4v) is 4.82. The molecule has 5 nitrogen and oxygen atoms in total. The van der Waals surface area contributed by atoms with Gasteiger partial charge in [-0.1, -0.05) is 23.2 Å². The van der Waals surface area contributed by atoms with E-state index in [-0.39, 0.29) is 22.4 Å². The minimum absolute atomic E-state index is 0.0651. The number of nitrogens with zero attached hydrogens (tertiary/aromatic N) is 1. The Morgan fingerprint density at radius 1 is 1.15 bits per heavy atom. The number of sulfonamides is 1. The van der Waals surface area contributed by atoms with E-state index in [0.717, 1.165) is 6.07 Å². The van der Waals surface area contributed by atoms with Crippen molar-refractivity contribution < 1.29 is 17.6 Å². The third-order valence-corrected chi connectivity index (χ3v) is 6.84. The van der Waals surface area contributed by atoms with Crippen molar-refractivity contribution in [3.8, 4) is 0 Å². The highest BCUT2D eigenvalue weighted by molar-refractivity contribution is 7.89. The van der Waals surface area contributed by atoms with Crippen LogP contribution in [0.25, 0.3) is 0 Å². The number of hydrogen-bond donors (Lipinski definition) is 1. The highest BCUT2D eigenvalue weighted by Gasteiger charge is 2.33. The minimum Gasteiger partial charge on any atom is -0.324 e. The van der Waals surface area contributed by atoms with Gasteiger partial charge in [0.05, 0.1) is 21.5 Å². The molecule has 1 aliphatic heterocycles. The minimum atomic E-state index is -3.71. The van der Waals surface area contributed by atoms with Crippen LogP contribution in [0, 0.1) is 11.7 Å². The van der Waals surface area contributed by atoms with E-state index in [2.05, 4.69) is 5.32 Å². The van der Waals surface area contributed by atoms with E-state index in [1.165, 1.54) is 40.7 Å². The summed E-state index contributed by atoms with van der Waals surface area (Å²) in [6.07, 6.45) is 1.11. The molecule has 9 heteroatoms. The number of carbonyl (C=O) groups excluding carboxylic acids is 1. The van der Waals surface area contributed by atoms with Gasteiger partial charge in [0.25, 0.3) is 0 Å². The van der Waals surface area contributed by atoms with Crippen LogP contribution in [-0.4, -0.2) is 31.7 Å². The molecule has 0 unspecified atom stereocenters. The van der Waals surface area contributed by atoms with Crippen LogP contribution in [0.5, 0.6) is 0 Å². The van der Waals surface area contributed by atoms with Gasteiger partial charge in [-0.15, -0.1) is 0 Å². The van der Waals surface area contributed by atoms with Gasteiger partial charge in [-0.25, -0.2) is 12.8 Å². The van der Waals surface area contributed by atoms with Gasteiger partial charge in [-0.2, -0.15) is 4.31 Å². The zero-order valence-electron chi connectivity index (χ0n) is 14.2. The Bertz CT molecular complexity index is 952. The summed E-state index contributed by atoms with van der Waals surface area (Å²) in [5, 5.41) is 3.18. The first-order valence-electron chi connectivity index (χ1n) is 8.29. The maximum Gasteiger partial charge on any atom is 0.243 e. The molecule has 0 aromatic heterocycles. The largest absolute Gasteiger partial charge is 0.324 e. The lowest BCUT2D eigenvalue weighted by Gasteiger charge is -2.31. The molecule has 0 bridgehead atoms. The van der Waals surface area contributed by atoms with Crippen LogP contribution in [0.3, 0.4) is 0 Å². The lowest BCUT2D eigenvalue weighted by atomic mass is 9.98. The van der Waals surface area contributed by atoms with Crippen LogP contribution in [0.15, 0.2) is 47.4 Å². The standard InChI is InChI=1S/C18H17Cl2FN2O3S/c19-13-3-6-15(7-4-13)27(25,26)23-9-1-2-12(11-23)18(24)22-17-8-5-14(21)10-16(17)20/h3-8,10,12H,1-2,9,11H2,(H,22,24)/t12-/m1/s1. The Hall–Kier alpha value is -1.67. The summed E-state index contributed by atoms with van der Waals surface area (Å²) in [6.45, 7) is 0.404. The summed E-state index contributed by atoms with van der Waals surface area (Å²) in [5.74, 6) is -1.38. The van der Waals surface area contributed by atoms with Crippen molar-refractivity contribution in [3.63, 3.8) is 0 Å². The smallest absolute Gasteiger partial charge is 0.243 e. The average Bonchev–Trinajstić information content (AvgIpc) is 2.64. The fraction of sp³-hybridized carbons (Fsp3) is 0.278. The van der Waals surface area contributed by atoms with Crippen molar-refractivity contribution in [1.29, 1.82) is 0 Å². The molecule has 0 aliphatic carbocycles. The number of hydrogen-bond acceptors (Lipinski definition) is 3. The van der Waals surface area contributed by atoms with Gasteiger partial charge >= 0.3 is 0 Å². The monoisotopic (exact) mass is 430 g/mol. The Kier molecular flexibility index (Phi) is 6.05. The SMILES string of the molecule is O=C(Nc1ccc(F)cc1Cl)[C@@H]1CCCN(S(=O)(=O)c2ccc(Cl)cc2)C1. The van der Waals surface area contributed by atoms with Crippen LogP contribution < -0.4 is 5.32 Å². The van der Waals surface area contributed by atoms with E-state index in [4.69, 9.17) is 23.2 Å². The highest BCUT2D eigenvalue weighted by Crippen LogP contribution is 2.27. The molecule has 3 rings (SSSR count). The molecule has 0 spiro atoms. The topological polar surface area (TPSA) is 66.5 Å². The molecule has 1 saturated heterocycles. The van der Waals surface area contributed by atoms with Gasteiger partial charge < -0.3 is 5.32 Å². The lowest BCUT2D eigenvalue weighted by molar-refractivity contribution is -0.120. The van der Waals surface area contributed by atoms with E-state index < -0.39 is 21.8 Å². The van der Waals surface area contributed by atoms with Gasteiger partial charge in [0.1, 0.15) is 5.82 Å². The zero-order chi connectivity index (χ0) is 19.6. The third kappa shape index (κ3) is 4.60. The maximum atomic E-state index is 13.1. The van der Waals surface area contributed by atoms with Crippen molar-refractivity contribution in [2.24, 2.45) is 5.92 Å². The van der Waals surface area contributed by atoms with E-state index in [9.17, 15) is 17.6 Å². The van der Waals surface area contributed by atoms with Crippen molar-refractivity contribution in [2.75, 3.05) is 18.4 Å². The van der Waals surface area contributed by atoms with Crippen molar-refractivity contribution >= 4 is 44.8 Å². The molecule has 1 aliphatic rings. The summed E-state index contributed by atoms with van der Waals surface area (Å²) in [5.41, 5.74) is 0.292. The van der Waals surface area contributed by atoms with Gasteiger partial charge in [-0.3, -0.25) is 4.79 Å². The third-order valence-electron chi connectivity index (χ3n) is 4.40. The molecule has 0 saturated carbocycles. The molecule has 27 heavy (non-hydrogen) atoms. The second kappa shape index (κ2) is 8.14. The summed E-state index contributed by atoms with van der Waals surface area (Å²) >= 11 is 11.8. The quantitative estimate of drug-likeness (QED) is 0.790. The molecule has 2 aromatic rings. The van der Waals surface area contributed by atoms with Gasteiger partial charge in [0.2, 0.25) is 15.9 Å². The second-order valence-corrected chi connectivity index (χ2v) is 9.05. The first-order chi connectivity index (χ1) is 12.8. The average molecular weight is 431 g/mol. The molecule has 144 valence electrons. The van der Waals surface area contributed by atoms with E-state index in [1.807, 2.05) is 0 Å². The van der Waals surface area contributed by atoms with E-state index in [0.29, 0.717) is 30.1 Å². The Labute approximate surface area is 167 Å². The van der Waals surface area contributed by atoms with E-state index in [1.54, 1.807) is 0 Å². The second-order valence-electron chi connectivity index (χ2n) is 6.27. The number of carbonyl (C=O) groups is 1. The number of benzene rings is 2. The molecule has 1 atom stereocenters. The molecular weight excluding hydrogens is 414 g/mol. The highest BCUT2D eigenvalue weighted by atomic mass is 35.5. The Balaban J connectivity index is 1.73. The van der Waals surface area contributed by atoms with Crippen molar-refractivity contribution in [2.45, 2.75) is 17.7 Å². The molecule has 1 fully saturated rings. The first kappa shape index (κ1) is 20.1. The number of nitrogens with one attached hydrogen (secondary N) is 1. The van der Waals surface area contributed by atoms with Crippen LogP contribution in [0.1, 0.15) is 12.8 Å². The van der Waals surface area contributed by atoms with Crippen LogP contribution in [0.2, 0.25) is 10.0 Å². The number of rotatable bonds is 4. The Morgan fingerprint density at radius 3 is 2.52 bits per heavy atom. The zero-order valence-corrected chi connectivity index (χ0v) is 16.5. The predicted molar refractivity (Wildman–Crippen MR) is 103 cm³/mol. The van der Waals surface area contributed by atoms with Gasteiger partial charge in [0, 0.05) is 18.1 Å². The first-order valence-corrected chi connectivity index (χ1v) is 10.5. The van der Waals surface area contributed by atoms with Gasteiger partial charge in [0.15, 0.2) is 0 Å². The number of anilines is 1. The summed E-state index contributed by atoms with van der Waals surface area (Å²) in [4.78, 5) is 12.7. The van der Waals surface area contributed by atoms with Gasteiger partial charge in [-0.05, 0) is 55.3 Å². The molecule has 1 heterocycles. The summed E-state index contributed by atoms with van der Waals surface area (Å²) < 4.78 is 40.0. The Morgan fingerprint density at radius 2 is 1.85 bits per heavy atom. The lowest BCUT2D eigenvalue weighted by Crippen LogP contribution is -2.43. The number of piperidine rings is 1. The van der Waals surface area contributed by atoms with Crippen molar-refractivity contribution in [1.82, 2.24) is 4.31 Å². The summed E-state index contributed by atoms with van der Waals surface area (Å²) in [7, 11) is -3.71. The molecule has 1 amide bonds. The number of halogens is 3. The molecule has 1 N–H and O–H groups in total. The molecule has 2 aromatic carbocycles. The van der Waals surface area contributed by atoms with Crippen molar-refractivity contribution in [3.05, 3.63) is 58.3 Å². The number of amides is 1. The predicted octanol–water partition coefficient (Wildman–Crippen LogP) is 4.17. The fourth-order valence-electron chi connectivity index (χ4n) is 2.96. The van der Waals surface area contributed by atoms with Crippen LogP contribution >= 0.6 is 23.2 Å². The maximum absolute atomic E-state index is 13.1. The normalized spacial score (nSPS) is 18.3. The van der Waals surface area contributed by atoms with E-state index >= 15 is 0 Å². The van der Waals surface area contributed by atoms with Crippen LogP contribution in [0.4, 0.5) is 10.1 Å². The summed E-state index contributed by atoms with van der Waals surface area (Å²) in [6, 6.07) is 9.59. The molecule has 0 radical (unpaired) electrons. The molecular formula is C18H17Cl2FN2O3S. The van der Waals surface area contributed by atoms with Crippen LogP contribution in [-0.2, 0) is 14.8 Å².